The largest absolute Gasteiger partial charge is 0.378 e. The molecule has 158 valence electrons. The van der Waals surface area contributed by atoms with Crippen LogP contribution < -0.4 is 9.80 Å². The SMILES string of the molecule is CN(C)c1ccc(/C=C2\CCC[C@H]3C2=NN(CO)[C@H]3c2ccc(N(C)C)cc2)cc1. The van der Waals surface area contributed by atoms with Gasteiger partial charge in [-0.3, -0.25) is 5.01 Å². The molecule has 1 aliphatic heterocycles. The van der Waals surface area contributed by atoms with Crippen molar-refractivity contribution in [2.24, 2.45) is 11.0 Å². The molecule has 1 heterocycles. The molecule has 0 bridgehead atoms. The van der Waals surface area contributed by atoms with Crippen LogP contribution in [0.25, 0.3) is 6.08 Å². The normalized spacial score (nSPS) is 22.1. The Morgan fingerprint density at radius 3 is 2.13 bits per heavy atom. The Balaban J connectivity index is 1.62. The van der Waals surface area contributed by atoms with E-state index in [9.17, 15) is 5.11 Å². The van der Waals surface area contributed by atoms with Crippen molar-refractivity contribution in [3.8, 4) is 0 Å². The van der Waals surface area contributed by atoms with E-state index in [1.165, 1.54) is 28.1 Å². The van der Waals surface area contributed by atoms with Gasteiger partial charge in [0, 0.05) is 45.5 Å². The van der Waals surface area contributed by atoms with Crippen LogP contribution >= 0.6 is 0 Å². The van der Waals surface area contributed by atoms with E-state index in [1.807, 2.05) is 5.01 Å². The molecular formula is C25H32N4O. The summed E-state index contributed by atoms with van der Waals surface area (Å²) in [6.07, 6.45) is 5.57. The molecule has 0 saturated heterocycles. The van der Waals surface area contributed by atoms with Gasteiger partial charge in [0.1, 0.15) is 6.73 Å². The molecule has 4 rings (SSSR count). The number of allylic oxidation sites excluding steroid dienone is 1. The molecule has 5 nitrogen and oxygen atoms in total. The average molecular weight is 405 g/mol. The summed E-state index contributed by atoms with van der Waals surface area (Å²) in [7, 11) is 8.21. The molecule has 2 atom stereocenters. The molecule has 0 radical (unpaired) electrons. The van der Waals surface area contributed by atoms with Crippen molar-refractivity contribution in [3.63, 3.8) is 0 Å². The topological polar surface area (TPSA) is 42.3 Å². The van der Waals surface area contributed by atoms with Gasteiger partial charge >= 0.3 is 0 Å². The number of anilines is 2. The molecule has 5 heteroatoms. The van der Waals surface area contributed by atoms with E-state index in [4.69, 9.17) is 5.10 Å². The Bertz CT molecular complexity index is 929. The first-order chi connectivity index (χ1) is 14.5. The van der Waals surface area contributed by atoms with Crippen LogP contribution in [0.15, 0.2) is 59.2 Å². The minimum absolute atomic E-state index is 0.0646. The maximum absolute atomic E-state index is 10.0. The summed E-state index contributed by atoms with van der Waals surface area (Å²) in [4.78, 5) is 4.22. The van der Waals surface area contributed by atoms with E-state index in [0.29, 0.717) is 5.92 Å². The lowest BCUT2D eigenvalue weighted by atomic mass is 9.77. The van der Waals surface area contributed by atoms with E-state index in [-0.39, 0.29) is 12.8 Å². The van der Waals surface area contributed by atoms with Crippen molar-refractivity contribution in [1.82, 2.24) is 5.01 Å². The molecule has 1 aliphatic carbocycles. The molecule has 1 N–H and O–H groups in total. The number of benzene rings is 2. The molecule has 0 spiro atoms. The summed E-state index contributed by atoms with van der Waals surface area (Å²) < 4.78 is 0. The van der Waals surface area contributed by atoms with Crippen LogP contribution in [0.1, 0.15) is 36.4 Å². The summed E-state index contributed by atoms with van der Waals surface area (Å²) in [5.41, 5.74) is 7.25. The molecular weight excluding hydrogens is 372 g/mol. The monoisotopic (exact) mass is 404 g/mol. The second kappa shape index (κ2) is 8.52. The van der Waals surface area contributed by atoms with Crippen LogP contribution in [0, 0.1) is 5.92 Å². The molecule has 0 amide bonds. The van der Waals surface area contributed by atoms with Gasteiger partial charge in [0.15, 0.2) is 0 Å². The lowest BCUT2D eigenvalue weighted by molar-refractivity contribution is 0.0697. The van der Waals surface area contributed by atoms with Gasteiger partial charge in [0.25, 0.3) is 0 Å². The number of rotatable bonds is 5. The fourth-order valence-electron chi connectivity index (χ4n) is 4.58. The van der Waals surface area contributed by atoms with E-state index in [0.717, 1.165) is 25.0 Å². The molecule has 30 heavy (non-hydrogen) atoms. The molecule has 0 unspecified atom stereocenters. The summed E-state index contributed by atoms with van der Waals surface area (Å²) in [5, 5.41) is 16.8. The first-order valence-corrected chi connectivity index (χ1v) is 10.7. The van der Waals surface area contributed by atoms with Gasteiger partial charge in [0.05, 0.1) is 11.8 Å². The standard InChI is InChI=1S/C25H32N4O/c1-27(2)21-12-8-18(9-13-21)16-20-6-5-7-23-24(20)26-29(17-30)25(23)19-10-14-22(15-11-19)28(3)4/h8-16,23,25,30H,5-7,17H2,1-4H3/b20-16+/t23-,25-/m0/s1. The summed E-state index contributed by atoms with van der Waals surface area (Å²) in [5.74, 6) is 0.323. The highest BCUT2D eigenvalue weighted by Crippen LogP contribution is 2.44. The first kappa shape index (κ1) is 20.5. The minimum atomic E-state index is -0.0646. The molecule has 1 saturated carbocycles. The fraction of sp³-hybridized carbons (Fsp3) is 0.400. The van der Waals surface area contributed by atoms with Gasteiger partial charge in [0.2, 0.25) is 0 Å². The minimum Gasteiger partial charge on any atom is -0.378 e. The van der Waals surface area contributed by atoms with Crippen molar-refractivity contribution in [2.75, 3.05) is 44.7 Å². The predicted molar refractivity (Wildman–Crippen MR) is 126 cm³/mol. The Hall–Kier alpha value is -2.79. The van der Waals surface area contributed by atoms with Gasteiger partial charge < -0.3 is 14.9 Å². The Morgan fingerprint density at radius 1 is 0.967 bits per heavy atom. The highest BCUT2D eigenvalue weighted by Gasteiger charge is 2.40. The Morgan fingerprint density at radius 2 is 1.57 bits per heavy atom. The highest BCUT2D eigenvalue weighted by molar-refractivity contribution is 6.07. The van der Waals surface area contributed by atoms with E-state index in [1.54, 1.807) is 0 Å². The zero-order valence-corrected chi connectivity index (χ0v) is 18.4. The number of aliphatic hydroxyl groups is 1. The number of aliphatic hydroxyl groups excluding tert-OH is 1. The highest BCUT2D eigenvalue weighted by atomic mass is 16.3. The van der Waals surface area contributed by atoms with Crippen LogP contribution in [0.3, 0.4) is 0 Å². The van der Waals surface area contributed by atoms with Crippen molar-refractivity contribution >= 4 is 23.2 Å². The van der Waals surface area contributed by atoms with Crippen LogP contribution in [-0.2, 0) is 0 Å². The second-order valence-corrected chi connectivity index (χ2v) is 8.65. The quantitative estimate of drug-likeness (QED) is 0.804. The summed E-state index contributed by atoms with van der Waals surface area (Å²) in [6, 6.07) is 17.4. The Kier molecular flexibility index (Phi) is 5.82. The molecule has 2 aromatic carbocycles. The maximum atomic E-state index is 10.0. The van der Waals surface area contributed by atoms with Crippen molar-refractivity contribution in [3.05, 3.63) is 65.2 Å². The van der Waals surface area contributed by atoms with Gasteiger partial charge in [-0.2, -0.15) is 5.10 Å². The lowest BCUT2D eigenvalue weighted by Crippen LogP contribution is -2.28. The zero-order chi connectivity index (χ0) is 21.3. The second-order valence-electron chi connectivity index (χ2n) is 8.65. The number of nitrogens with zero attached hydrogens (tertiary/aromatic N) is 4. The van der Waals surface area contributed by atoms with Crippen LogP contribution in [-0.4, -0.2) is 50.7 Å². The molecule has 2 aliphatic rings. The van der Waals surface area contributed by atoms with Crippen molar-refractivity contribution in [2.45, 2.75) is 25.3 Å². The maximum Gasteiger partial charge on any atom is 0.132 e. The lowest BCUT2D eigenvalue weighted by Gasteiger charge is -2.30. The van der Waals surface area contributed by atoms with Crippen LogP contribution in [0.2, 0.25) is 0 Å². The first-order valence-electron chi connectivity index (χ1n) is 10.7. The summed E-state index contributed by atoms with van der Waals surface area (Å²) >= 11 is 0. The van der Waals surface area contributed by atoms with Crippen molar-refractivity contribution in [1.29, 1.82) is 0 Å². The third kappa shape index (κ3) is 3.94. The van der Waals surface area contributed by atoms with Gasteiger partial charge in [-0.15, -0.1) is 0 Å². The average Bonchev–Trinajstić information content (AvgIpc) is 3.14. The zero-order valence-electron chi connectivity index (χ0n) is 18.4. The fourth-order valence-corrected chi connectivity index (χ4v) is 4.58. The van der Waals surface area contributed by atoms with Crippen LogP contribution in [0.5, 0.6) is 0 Å². The number of hydrogen-bond acceptors (Lipinski definition) is 5. The number of fused-ring (bicyclic) bond motifs is 1. The van der Waals surface area contributed by atoms with Gasteiger partial charge in [-0.25, -0.2) is 0 Å². The number of hydrazone groups is 1. The molecule has 1 fully saturated rings. The third-order valence-electron chi connectivity index (χ3n) is 6.23. The number of hydrogen-bond donors (Lipinski definition) is 1. The smallest absolute Gasteiger partial charge is 0.132 e. The van der Waals surface area contributed by atoms with Gasteiger partial charge in [-0.05, 0) is 66.3 Å². The van der Waals surface area contributed by atoms with E-state index < -0.39 is 0 Å². The predicted octanol–water partition coefficient (Wildman–Crippen LogP) is 4.36. The van der Waals surface area contributed by atoms with E-state index >= 15 is 0 Å². The summed E-state index contributed by atoms with van der Waals surface area (Å²) in [6.45, 7) is -0.0646. The third-order valence-corrected chi connectivity index (χ3v) is 6.23. The van der Waals surface area contributed by atoms with Crippen molar-refractivity contribution < 1.29 is 5.11 Å². The Labute approximate surface area is 179 Å². The van der Waals surface area contributed by atoms with Crippen LogP contribution in [0.4, 0.5) is 11.4 Å². The van der Waals surface area contributed by atoms with E-state index in [2.05, 4.69) is 92.6 Å². The van der Waals surface area contributed by atoms with Gasteiger partial charge in [-0.1, -0.05) is 24.3 Å². The molecule has 2 aromatic rings. The molecule has 0 aromatic heterocycles.